The van der Waals surface area contributed by atoms with E-state index in [1.54, 1.807) is 0 Å². The number of nitrogens with zero attached hydrogens (tertiary/aromatic N) is 4. The highest BCUT2D eigenvalue weighted by Gasteiger charge is 2.30. The van der Waals surface area contributed by atoms with Gasteiger partial charge in [0.1, 0.15) is 5.82 Å². The monoisotopic (exact) mass is 406 g/mol. The SMILES string of the molecule is CCn1c(SCC(=O)N(Cc2ccccc2)c2cccc(C)c2)nnc1C1CC1. The smallest absolute Gasteiger partial charge is 0.237 e. The van der Waals surface area contributed by atoms with Crippen LogP contribution in [-0.2, 0) is 17.9 Å². The molecule has 0 saturated heterocycles. The molecule has 5 nitrogen and oxygen atoms in total. The Hall–Kier alpha value is -2.60. The van der Waals surface area contributed by atoms with Gasteiger partial charge in [0.2, 0.25) is 5.91 Å². The zero-order valence-corrected chi connectivity index (χ0v) is 17.7. The number of hydrogen-bond donors (Lipinski definition) is 0. The van der Waals surface area contributed by atoms with E-state index < -0.39 is 0 Å². The second kappa shape index (κ2) is 8.82. The fraction of sp³-hybridized carbons (Fsp3) is 0.348. The molecule has 1 aromatic heterocycles. The number of thioether (sulfide) groups is 1. The molecule has 1 saturated carbocycles. The van der Waals surface area contributed by atoms with Crippen LogP contribution in [0.1, 0.15) is 42.6 Å². The van der Waals surface area contributed by atoms with Crippen LogP contribution in [0.2, 0.25) is 0 Å². The van der Waals surface area contributed by atoms with E-state index in [2.05, 4.69) is 39.9 Å². The molecule has 0 N–H and O–H groups in total. The third-order valence-corrected chi connectivity index (χ3v) is 6.08. The molecule has 29 heavy (non-hydrogen) atoms. The van der Waals surface area contributed by atoms with E-state index in [9.17, 15) is 4.79 Å². The van der Waals surface area contributed by atoms with Crippen LogP contribution in [0.3, 0.4) is 0 Å². The van der Waals surface area contributed by atoms with Crippen LogP contribution >= 0.6 is 11.8 Å². The number of aromatic nitrogens is 3. The first-order valence-electron chi connectivity index (χ1n) is 10.1. The molecular formula is C23H26N4OS. The number of amides is 1. The average molecular weight is 407 g/mol. The van der Waals surface area contributed by atoms with Crippen molar-refractivity contribution in [2.75, 3.05) is 10.7 Å². The summed E-state index contributed by atoms with van der Waals surface area (Å²) in [5.41, 5.74) is 3.18. The van der Waals surface area contributed by atoms with Gasteiger partial charge in [0.05, 0.1) is 12.3 Å². The molecule has 1 heterocycles. The van der Waals surface area contributed by atoms with Gasteiger partial charge in [0.15, 0.2) is 5.16 Å². The van der Waals surface area contributed by atoms with E-state index >= 15 is 0 Å². The van der Waals surface area contributed by atoms with Gasteiger partial charge in [-0.05, 0) is 49.9 Å². The first kappa shape index (κ1) is 19.7. The van der Waals surface area contributed by atoms with E-state index in [4.69, 9.17) is 0 Å². The van der Waals surface area contributed by atoms with Crippen molar-refractivity contribution in [1.29, 1.82) is 0 Å². The highest BCUT2D eigenvalue weighted by atomic mass is 32.2. The van der Waals surface area contributed by atoms with Crippen molar-refractivity contribution in [3.8, 4) is 0 Å². The Bertz CT molecular complexity index is 982. The predicted octanol–water partition coefficient (Wildman–Crippen LogP) is 4.81. The summed E-state index contributed by atoms with van der Waals surface area (Å²) in [5.74, 6) is 2.03. The molecular weight excluding hydrogens is 380 g/mol. The van der Waals surface area contributed by atoms with Gasteiger partial charge in [0.25, 0.3) is 0 Å². The molecule has 0 aliphatic heterocycles. The van der Waals surface area contributed by atoms with Crippen LogP contribution in [0.4, 0.5) is 5.69 Å². The summed E-state index contributed by atoms with van der Waals surface area (Å²) in [4.78, 5) is 15.1. The van der Waals surface area contributed by atoms with Crippen LogP contribution in [-0.4, -0.2) is 26.4 Å². The van der Waals surface area contributed by atoms with Crippen molar-refractivity contribution in [2.45, 2.75) is 50.9 Å². The topological polar surface area (TPSA) is 51.0 Å². The molecule has 150 valence electrons. The number of rotatable bonds is 8. The van der Waals surface area contributed by atoms with Crippen molar-refractivity contribution in [3.05, 3.63) is 71.5 Å². The summed E-state index contributed by atoms with van der Waals surface area (Å²) >= 11 is 1.48. The number of hydrogen-bond acceptors (Lipinski definition) is 4. The van der Waals surface area contributed by atoms with Crippen molar-refractivity contribution >= 4 is 23.4 Å². The van der Waals surface area contributed by atoms with Crippen molar-refractivity contribution in [1.82, 2.24) is 14.8 Å². The number of benzene rings is 2. The molecule has 4 rings (SSSR count). The van der Waals surface area contributed by atoms with Gasteiger partial charge in [-0.1, -0.05) is 54.2 Å². The van der Waals surface area contributed by atoms with Gasteiger partial charge in [-0.2, -0.15) is 0 Å². The first-order chi connectivity index (χ1) is 14.2. The van der Waals surface area contributed by atoms with Gasteiger partial charge < -0.3 is 9.47 Å². The summed E-state index contributed by atoms with van der Waals surface area (Å²) in [5, 5.41) is 9.57. The number of carbonyl (C=O) groups is 1. The quantitative estimate of drug-likeness (QED) is 0.504. The minimum atomic E-state index is 0.0723. The van der Waals surface area contributed by atoms with Crippen LogP contribution in [0.15, 0.2) is 59.8 Å². The summed E-state index contributed by atoms with van der Waals surface area (Å²) in [6, 6.07) is 18.2. The standard InChI is InChI=1S/C23H26N4OS/c1-3-26-22(19-12-13-19)24-25-23(26)29-16-21(28)27(15-18-9-5-4-6-10-18)20-11-7-8-17(2)14-20/h4-11,14,19H,3,12-13,15-16H2,1-2H3. The number of anilines is 1. The summed E-state index contributed by atoms with van der Waals surface area (Å²) in [7, 11) is 0. The predicted molar refractivity (Wildman–Crippen MR) is 117 cm³/mol. The van der Waals surface area contributed by atoms with Gasteiger partial charge >= 0.3 is 0 Å². The molecule has 2 aromatic carbocycles. The average Bonchev–Trinajstić information content (AvgIpc) is 3.50. The van der Waals surface area contributed by atoms with Gasteiger partial charge in [-0.3, -0.25) is 4.79 Å². The Morgan fingerprint density at radius 3 is 2.62 bits per heavy atom. The molecule has 1 fully saturated rings. The highest BCUT2D eigenvalue weighted by Crippen LogP contribution is 2.40. The maximum atomic E-state index is 13.2. The fourth-order valence-corrected chi connectivity index (χ4v) is 4.32. The molecule has 0 bridgehead atoms. The molecule has 1 amide bonds. The Morgan fingerprint density at radius 2 is 1.93 bits per heavy atom. The second-order valence-corrected chi connectivity index (χ2v) is 8.39. The Balaban J connectivity index is 1.52. The first-order valence-corrected chi connectivity index (χ1v) is 11.1. The minimum Gasteiger partial charge on any atom is -0.307 e. The highest BCUT2D eigenvalue weighted by molar-refractivity contribution is 7.99. The van der Waals surface area contributed by atoms with Crippen LogP contribution in [0.5, 0.6) is 0 Å². The van der Waals surface area contributed by atoms with E-state index in [1.807, 2.05) is 48.2 Å². The normalized spacial score (nSPS) is 13.4. The van der Waals surface area contributed by atoms with Crippen molar-refractivity contribution < 1.29 is 4.79 Å². The molecule has 3 aromatic rings. The molecule has 1 aliphatic rings. The number of aryl methyl sites for hydroxylation is 1. The van der Waals surface area contributed by atoms with Gasteiger partial charge in [0, 0.05) is 18.2 Å². The summed E-state index contributed by atoms with van der Waals surface area (Å²) < 4.78 is 2.16. The summed E-state index contributed by atoms with van der Waals surface area (Å²) in [6.45, 7) is 5.54. The molecule has 0 atom stereocenters. The van der Waals surface area contributed by atoms with Gasteiger partial charge in [-0.15, -0.1) is 10.2 Å². The Labute approximate surface area is 176 Å². The second-order valence-electron chi connectivity index (χ2n) is 7.45. The van der Waals surface area contributed by atoms with E-state index in [-0.39, 0.29) is 5.91 Å². The Kier molecular flexibility index (Phi) is 6.00. The van der Waals surface area contributed by atoms with Crippen molar-refractivity contribution in [3.63, 3.8) is 0 Å². The minimum absolute atomic E-state index is 0.0723. The molecule has 0 spiro atoms. The van der Waals surface area contributed by atoms with Crippen molar-refractivity contribution in [2.24, 2.45) is 0 Å². The maximum absolute atomic E-state index is 13.2. The van der Waals surface area contributed by atoms with Crippen LogP contribution in [0.25, 0.3) is 0 Å². The van der Waals surface area contributed by atoms with Crippen LogP contribution < -0.4 is 4.90 Å². The van der Waals surface area contributed by atoms with Crippen LogP contribution in [0, 0.1) is 6.92 Å². The third kappa shape index (κ3) is 4.70. The number of carbonyl (C=O) groups excluding carboxylic acids is 1. The fourth-order valence-electron chi connectivity index (χ4n) is 3.44. The molecule has 1 aliphatic carbocycles. The Morgan fingerprint density at radius 1 is 1.14 bits per heavy atom. The largest absolute Gasteiger partial charge is 0.307 e. The lowest BCUT2D eigenvalue weighted by Gasteiger charge is -2.23. The lowest BCUT2D eigenvalue weighted by atomic mass is 10.1. The summed E-state index contributed by atoms with van der Waals surface area (Å²) in [6.07, 6.45) is 2.39. The lowest BCUT2D eigenvalue weighted by Crippen LogP contribution is -2.32. The molecule has 6 heteroatoms. The molecule has 0 radical (unpaired) electrons. The van der Waals surface area contributed by atoms with E-state index in [0.29, 0.717) is 18.2 Å². The zero-order chi connectivity index (χ0) is 20.2. The maximum Gasteiger partial charge on any atom is 0.237 e. The van der Waals surface area contributed by atoms with Gasteiger partial charge in [-0.25, -0.2) is 0 Å². The zero-order valence-electron chi connectivity index (χ0n) is 16.9. The molecule has 0 unspecified atom stereocenters. The van der Waals surface area contributed by atoms with E-state index in [1.165, 1.54) is 24.6 Å². The third-order valence-electron chi connectivity index (χ3n) is 5.13. The lowest BCUT2D eigenvalue weighted by molar-refractivity contribution is -0.116. The van der Waals surface area contributed by atoms with E-state index in [0.717, 1.165) is 34.3 Å².